The van der Waals surface area contributed by atoms with Gasteiger partial charge in [-0.1, -0.05) is 103 Å². The molecule has 0 fully saturated rings. The maximum Gasteiger partial charge on any atom is 0.231 e. The van der Waals surface area contributed by atoms with Crippen molar-refractivity contribution >= 4 is 12.0 Å². The highest BCUT2D eigenvalue weighted by Gasteiger charge is 2.17. The van der Waals surface area contributed by atoms with E-state index in [1.165, 1.54) is 5.56 Å². The van der Waals surface area contributed by atoms with Crippen molar-refractivity contribution in [2.24, 2.45) is 0 Å². The van der Waals surface area contributed by atoms with Gasteiger partial charge in [-0.2, -0.15) is 0 Å². The molecule has 0 aliphatic rings. The van der Waals surface area contributed by atoms with Crippen LogP contribution in [0, 0.1) is 6.92 Å². The second-order valence-corrected chi connectivity index (χ2v) is 6.36. The summed E-state index contributed by atoms with van der Waals surface area (Å²) in [5.41, 5.74) is 4.39. The molecule has 1 amide bonds. The molecule has 0 heterocycles. The molecule has 0 radical (unpaired) electrons. The lowest BCUT2D eigenvalue weighted by molar-refractivity contribution is -0.121. The van der Waals surface area contributed by atoms with Gasteiger partial charge < -0.3 is 5.32 Å². The van der Waals surface area contributed by atoms with E-state index in [0.717, 1.165) is 16.7 Å². The summed E-state index contributed by atoms with van der Waals surface area (Å²) in [6, 6.07) is 28.1. The van der Waals surface area contributed by atoms with E-state index in [9.17, 15) is 4.79 Å². The highest BCUT2D eigenvalue weighted by molar-refractivity contribution is 5.86. The SMILES string of the molecule is Cc1ccc(/C=C/[C@H](C(=O)NCc2ccccc2)c2ccccc2)cc1. The average molecular weight is 341 g/mol. The minimum atomic E-state index is -0.318. The van der Waals surface area contributed by atoms with E-state index in [2.05, 4.69) is 36.5 Å². The number of benzene rings is 3. The van der Waals surface area contributed by atoms with Crippen LogP contribution in [0.5, 0.6) is 0 Å². The van der Waals surface area contributed by atoms with E-state index in [-0.39, 0.29) is 11.8 Å². The molecule has 3 aromatic rings. The Bertz CT molecular complexity index is 852. The van der Waals surface area contributed by atoms with Crippen LogP contribution < -0.4 is 5.32 Å². The molecule has 0 bridgehead atoms. The number of hydrogen-bond donors (Lipinski definition) is 1. The normalized spacial score (nSPS) is 12.0. The Morgan fingerprint density at radius 2 is 1.50 bits per heavy atom. The molecule has 0 aliphatic carbocycles. The van der Waals surface area contributed by atoms with Gasteiger partial charge in [0.15, 0.2) is 0 Å². The van der Waals surface area contributed by atoms with Crippen molar-refractivity contribution in [1.29, 1.82) is 0 Å². The van der Waals surface area contributed by atoms with Gasteiger partial charge >= 0.3 is 0 Å². The number of aryl methyl sites for hydroxylation is 1. The van der Waals surface area contributed by atoms with Crippen LogP contribution in [-0.2, 0) is 11.3 Å². The van der Waals surface area contributed by atoms with Gasteiger partial charge in [0.05, 0.1) is 5.92 Å². The molecule has 2 heteroatoms. The summed E-state index contributed by atoms with van der Waals surface area (Å²) < 4.78 is 0. The fourth-order valence-corrected chi connectivity index (χ4v) is 2.79. The largest absolute Gasteiger partial charge is 0.351 e. The third-order valence-corrected chi connectivity index (χ3v) is 4.31. The van der Waals surface area contributed by atoms with Crippen molar-refractivity contribution in [3.8, 4) is 0 Å². The molecule has 0 unspecified atom stereocenters. The van der Waals surface area contributed by atoms with Crippen LogP contribution in [0.3, 0.4) is 0 Å². The van der Waals surface area contributed by atoms with Gasteiger partial charge in [-0.05, 0) is 23.6 Å². The summed E-state index contributed by atoms with van der Waals surface area (Å²) in [5.74, 6) is -0.315. The van der Waals surface area contributed by atoms with E-state index < -0.39 is 0 Å². The average Bonchev–Trinajstić information content (AvgIpc) is 2.69. The zero-order chi connectivity index (χ0) is 18.2. The molecule has 0 saturated heterocycles. The maximum absolute atomic E-state index is 12.8. The van der Waals surface area contributed by atoms with Gasteiger partial charge in [0.25, 0.3) is 0 Å². The third kappa shape index (κ3) is 4.93. The van der Waals surface area contributed by atoms with Crippen molar-refractivity contribution in [3.05, 3.63) is 113 Å². The second-order valence-electron chi connectivity index (χ2n) is 6.36. The summed E-state index contributed by atoms with van der Waals surface area (Å²) >= 11 is 0. The summed E-state index contributed by atoms with van der Waals surface area (Å²) in [6.45, 7) is 2.60. The lowest BCUT2D eigenvalue weighted by atomic mass is 9.96. The highest BCUT2D eigenvalue weighted by Crippen LogP contribution is 2.19. The Kier molecular flexibility index (Phi) is 6.00. The molecule has 0 aliphatic heterocycles. The third-order valence-electron chi connectivity index (χ3n) is 4.31. The molecule has 130 valence electrons. The standard InChI is InChI=1S/C24H23NO/c1-19-12-14-20(15-13-19)16-17-23(22-10-6-3-7-11-22)24(26)25-18-21-8-4-2-5-9-21/h2-17,23H,18H2,1H3,(H,25,26)/b17-16+/t23-/m0/s1. The number of carbonyl (C=O) groups excluding carboxylic acids is 1. The van der Waals surface area contributed by atoms with Gasteiger partial charge in [-0.25, -0.2) is 0 Å². The van der Waals surface area contributed by atoms with Crippen molar-refractivity contribution in [2.75, 3.05) is 0 Å². The van der Waals surface area contributed by atoms with Gasteiger partial charge in [0, 0.05) is 6.54 Å². The second kappa shape index (κ2) is 8.82. The predicted molar refractivity (Wildman–Crippen MR) is 108 cm³/mol. The first-order valence-corrected chi connectivity index (χ1v) is 8.84. The van der Waals surface area contributed by atoms with Crippen molar-refractivity contribution in [1.82, 2.24) is 5.32 Å². The fourth-order valence-electron chi connectivity index (χ4n) is 2.79. The molecule has 0 aromatic heterocycles. The number of rotatable bonds is 6. The molecular formula is C24H23NO. The molecule has 3 rings (SSSR count). The zero-order valence-electron chi connectivity index (χ0n) is 14.9. The Morgan fingerprint density at radius 1 is 0.885 bits per heavy atom. The molecule has 1 atom stereocenters. The number of nitrogens with one attached hydrogen (secondary N) is 1. The van der Waals surface area contributed by atoms with Gasteiger partial charge in [0.1, 0.15) is 0 Å². The summed E-state index contributed by atoms with van der Waals surface area (Å²) in [7, 11) is 0. The van der Waals surface area contributed by atoms with E-state index in [1.54, 1.807) is 0 Å². The van der Waals surface area contributed by atoms with E-state index >= 15 is 0 Å². The smallest absolute Gasteiger partial charge is 0.231 e. The topological polar surface area (TPSA) is 29.1 Å². The monoisotopic (exact) mass is 341 g/mol. The predicted octanol–water partition coefficient (Wildman–Crippen LogP) is 5.11. The van der Waals surface area contributed by atoms with Crippen LogP contribution in [-0.4, -0.2) is 5.91 Å². The van der Waals surface area contributed by atoms with Gasteiger partial charge in [-0.15, -0.1) is 0 Å². The lowest BCUT2D eigenvalue weighted by Gasteiger charge is -2.14. The van der Waals surface area contributed by atoms with Crippen LogP contribution in [0.2, 0.25) is 0 Å². The van der Waals surface area contributed by atoms with Crippen LogP contribution in [0.25, 0.3) is 6.08 Å². The molecule has 26 heavy (non-hydrogen) atoms. The minimum Gasteiger partial charge on any atom is -0.351 e. The molecule has 0 saturated carbocycles. The van der Waals surface area contributed by atoms with Crippen molar-refractivity contribution in [3.63, 3.8) is 0 Å². The first-order valence-electron chi connectivity index (χ1n) is 8.84. The molecule has 2 nitrogen and oxygen atoms in total. The first kappa shape index (κ1) is 17.7. The van der Waals surface area contributed by atoms with Crippen LogP contribution in [0.15, 0.2) is 91.0 Å². The Labute approximate surface area is 155 Å². The van der Waals surface area contributed by atoms with E-state index in [1.807, 2.05) is 72.8 Å². The Hall–Kier alpha value is -3.13. The number of carbonyl (C=O) groups is 1. The quantitative estimate of drug-likeness (QED) is 0.663. The molecule has 1 N–H and O–H groups in total. The highest BCUT2D eigenvalue weighted by atomic mass is 16.1. The van der Waals surface area contributed by atoms with Crippen LogP contribution in [0.4, 0.5) is 0 Å². The maximum atomic E-state index is 12.8. The summed E-state index contributed by atoms with van der Waals surface area (Å²) in [4.78, 5) is 12.8. The van der Waals surface area contributed by atoms with Crippen molar-refractivity contribution in [2.45, 2.75) is 19.4 Å². The minimum absolute atomic E-state index is 0.00316. The fraction of sp³-hybridized carbons (Fsp3) is 0.125. The number of hydrogen-bond acceptors (Lipinski definition) is 1. The molecule has 3 aromatic carbocycles. The van der Waals surface area contributed by atoms with E-state index in [0.29, 0.717) is 6.54 Å². The zero-order valence-corrected chi connectivity index (χ0v) is 14.9. The van der Waals surface area contributed by atoms with Gasteiger partial charge in [-0.3, -0.25) is 4.79 Å². The van der Waals surface area contributed by atoms with Crippen LogP contribution in [0.1, 0.15) is 28.2 Å². The van der Waals surface area contributed by atoms with Crippen LogP contribution >= 0.6 is 0 Å². The first-order chi connectivity index (χ1) is 12.7. The summed E-state index contributed by atoms with van der Waals surface area (Å²) in [5, 5.41) is 3.05. The summed E-state index contributed by atoms with van der Waals surface area (Å²) in [6.07, 6.45) is 3.99. The Balaban J connectivity index is 1.76. The van der Waals surface area contributed by atoms with Crippen molar-refractivity contribution < 1.29 is 4.79 Å². The molecular weight excluding hydrogens is 318 g/mol. The molecule has 0 spiro atoms. The van der Waals surface area contributed by atoms with E-state index in [4.69, 9.17) is 0 Å². The number of amides is 1. The lowest BCUT2D eigenvalue weighted by Crippen LogP contribution is -2.28. The Morgan fingerprint density at radius 3 is 2.15 bits per heavy atom. The van der Waals surface area contributed by atoms with Gasteiger partial charge in [0.2, 0.25) is 5.91 Å².